The van der Waals surface area contributed by atoms with Crippen molar-refractivity contribution in [2.24, 2.45) is 17.8 Å². The van der Waals surface area contributed by atoms with Crippen molar-refractivity contribution in [1.82, 2.24) is 5.32 Å². The Hall–Kier alpha value is -0.870. The van der Waals surface area contributed by atoms with Gasteiger partial charge in [0.1, 0.15) is 5.60 Å². The van der Waals surface area contributed by atoms with E-state index >= 15 is 0 Å². The van der Waals surface area contributed by atoms with Crippen molar-refractivity contribution >= 4 is 21.8 Å². The largest absolute Gasteiger partial charge is 0.380 e. The van der Waals surface area contributed by atoms with Crippen LogP contribution in [0.25, 0.3) is 0 Å². The van der Waals surface area contributed by atoms with Crippen molar-refractivity contribution in [3.05, 3.63) is 34.3 Å². The van der Waals surface area contributed by atoms with Crippen LogP contribution in [-0.4, -0.2) is 16.6 Å². The second-order valence-corrected chi connectivity index (χ2v) is 8.33. The van der Waals surface area contributed by atoms with E-state index in [0.717, 1.165) is 22.9 Å². The molecule has 1 amide bonds. The fraction of sp³-hybridized carbons (Fsp3) is 0.632. The molecule has 128 valence electrons. The fourth-order valence-electron chi connectivity index (χ4n) is 3.81. The molecule has 23 heavy (non-hydrogen) atoms. The topological polar surface area (TPSA) is 49.3 Å². The zero-order valence-corrected chi connectivity index (χ0v) is 16.1. The Labute approximate surface area is 148 Å². The SMILES string of the molecule is CC1CCC(C(C)C)[C@@](O)(C(=O)NC(C)c2cccc(Br)c2)C1. The predicted molar refractivity (Wildman–Crippen MR) is 97.0 cm³/mol. The zero-order chi connectivity index (χ0) is 17.2. The normalized spacial score (nSPS) is 29.3. The first kappa shape index (κ1) is 18.5. The number of amides is 1. The van der Waals surface area contributed by atoms with E-state index in [-0.39, 0.29) is 17.9 Å². The molecule has 2 N–H and O–H groups in total. The summed E-state index contributed by atoms with van der Waals surface area (Å²) < 4.78 is 0.987. The maximum Gasteiger partial charge on any atom is 0.252 e. The Morgan fingerprint density at radius 1 is 1.35 bits per heavy atom. The molecule has 4 heteroatoms. The number of hydrogen-bond acceptors (Lipinski definition) is 2. The van der Waals surface area contributed by atoms with Crippen LogP contribution in [0.15, 0.2) is 28.7 Å². The molecule has 0 aliphatic heterocycles. The van der Waals surface area contributed by atoms with Gasteiger partial charge in [-0.2, -0.15) is 0 Å². The standard InChI is InChI=1S/C19H28BrNO2/c1-12(2)17-9-8-13(3)11-19(17,23)18(22)21-14(4)15-6-5-7-16(20)10-15/h5-7,10,12-14,17,23H,8-9,11H2,1-4H3,(H,21,22)/t13?,14?,17?,19-/m1/s1. The molecule has 1 saturated carbocycles. The summed E-state index contributed by atoms with van der Waals surface area (Å²) in [4.78, 5) is 12.9. The monoisotopic (exact) mass is 381 g/mol. The van der Waals surface area contributed by atoms with E-state index in [1.165, 1.54) is 0 Å². The summed E-state index contributed by atoms with van der Waals surface area (Å²) in [5, 5.41) is 14.2. The van der Waals surface area contributed by atoms with Gasteiger partial charge in [0.25, 0.3) is 5.91 Å². The number of carbonyl (C=O) groups is 1. The number of benzene rings is 1. The maximum atomic E-state index is 12.9. The quantitative estimate of drug-likeness (QED) is 0.808. The molecule has 4 atom stereocenters. The smallest absolute Gasteiger partial charge is 0.252 e. The van der Waals surface area contributed by atoms with Crippen molar-refractivity contribution in [3.8, 4) is 0 Å². The lowest BCUT2D eigenvalue weighted by atomic mass is 9.66. The summed E-state index contributed by atoms with van der Waals surface area (Å²) in [5.41, 5.74) is -0.229. The van der Waals surface area contributed by atoms with Crippen LogP contribution in [0.3, 0.4) is 0 Å². The first-order chi connectivity index (χ1) is 10.7. The summed E-state index contributed by atoms with van der Waals surface area (Å²) in [6.07, 6.45) is 2.54. The number of carbonyl (C=O) groups excluding carboxylic acids is 1. The lowest BCUT2D eigenvalue weighted by molar-refractivity contribution is -0.156. The van der Waals surface area contributed by atoms with Gasteiger partial charge in [-0.25, -0.2) is 0 Å². The van der Waals surface area contributed by atoms with Gasteiger partial charge in [-0.1, -0.05) is 55.3 Å². The molecular weight excluding hydrogens is 354 g/mol. The van der Waals surface area contributed by atoms with Crippen LogP contribution in [0.5, 0.6) is 0 Å². The van der Waals surface area contributed by atoms with Crippen molar-refractivity contribution in [1.29, 1.82) is 0 Å². The summed E-state index contributed by atoms with van der Waals surface area (Å²) in [6, 6.07) is 7.77. The summed E-state index contributed by atoms with van der Waals surface area (Å²) in [7, 11) is 0. The summed E-state index contributed by atoms with van der Waals surface area (Å²) in [6.45, 7) is 8.26. The van der Waals surface area contributed by atoms with Gasteiger partial charge in [0, 0.05) is 4.47 Å². The van der Waals surface area contributed by atoms with Crippen LogP contribution in [0, 0.1) is 17.8 Å². The fourth-order valence-corrected chi connectivity index (χ4v) is 4.23. The molecule has 1 aromatic rings. The number of aliphatic hydroxyl groups is 1. The molecule has 1 aromatic carbocycles. The van der Waals surface area contributed by atoms with Crippen molar-refractivity contribution < 1.29 is 9.90 Å². The van der Waals surface area contributed by atoms with E-state index in [1.807, 2.05) is 31.2 Å². The third-order valence-corrected chi connectivity index (χ3v) is 5.63. The van der Waals surface area contributed by atoms with E-state index in [1.54, 1.807) is 0 Å². The minimum Gasteiger partial charge on any atom is -0.380 e. The van der Waals surface area contributed by atoms with Crippen LogP contribution in [0.1, 0.15) is 58.6 Å². The lowest BCUT2D eigenvalue weighted by Gasteiger charge is -2.43. The Morgan fingerprint density at radius 3 is 2.65 bits per heavy atom. The Balaban J connectivity index is 2.16. The van der Waals surface area contributed by atoms with Crippen LogP contribution in [0.4, 0.5) is 0 Å². The molecule has 0 aromatic heterocycles. The zero-order valence-electron chi connectivity index (χ0n) is 14.5. The molecule has 0 heterocycles. The predicted octanol–water partition coefficient (Wildman–Crippen LogP) is 4.45. The van der Waals surface area contributed by atoms with E-state index in [0.29, 0.717) is 18.3 Å². The first-order valence-electron chi connectivity index (χ1n) is 8.53. The Morgan fingerprint density at radius 2 is 2.04 bits per heavy atom. The van der Waals surface area contributed by atoms with Gasteiger partial charge >= 0.3 is 0 Å². The van der Waals surface area contributed by atoms with E-state index in [4.69, 9.17) is 0 Å². The second-order valence-electron chi connectivity index (χ2n) is 7.41. The van der Waals surface area contributed by atoms with Gasteiger partial charge in [-0.3, -0.25) is 4.79 Å². The van der Waals surface area contributed by atoms with Gasteiger partial charge in [-0.15, -0.1) is 0 Å². The van der Waals surface area contributed by atoms with Crippen LogP contribution >= 0.6 is 15.9 Å². The molecule has 1 fully saturated rings. The van der Waals surface area contributed by atoms with E-state index in [2.05, 4.69) is 42.0 Å². The molecular formula is C19H28BrNO2. The summed E-state index contributed by atoms with van der Waals surface area (Å²) >= 11 is 3.46. The number of halogens is 1. The Kier molecular flexibility index (Phi) is 5.90. The van der Waals surface area contributed by atoms with Crippen LogP contribution in [-0.2, 0) is 4.79 Å². The minimum atomic E-state index is -1.26. The summed E-state index contributed by atoms with van der Waals surface area (Å²) in [5.74, 6) is 0.463. The van der Waals surface area contributed by atoms with Gasteiger partial charge in [-0.05, 0) is 55.2 Å². The van der Waals surface area contributed by atoms with Gasteiger partial charge < -0.3 is 10.4 Å². The molecule has 0 bridgehead atoms. The molecule has 3 nitrogen and oxygen atoms in total. The number of rotatable bonds is 4. The highest BCUT2D eigenvalue weighted by atomic mass is 79.9. The molecule has 2 rings (SSSR count). The van der Waals surface area contributed by atoms with Crippen LogP contribution in [0.2, 0.25) is 0 Å². The molecule has 0 saturated heterocycles. The van der Waals surface area contributed by atoms with Crippen molar-refractivity contribution in [3.63, 3.8) is 0 Å². The van der Waals surface area contributed by atoms with Crippen molar-refractivity contribution in [2.45, 2.75) is 58.6 Å². The third-order valence-electron chi connectivity index (χ3n) is 5.14. The van der Waals surface area contributed by atoms with Crippen molar-refractivity contribution in [2.75, 3.05) is 0 Å². The lowest BCUT2D eigenvalue weighted by Crippen LogP contribution is -2.56. The highest BCUT2D eigenvalue weighted by Crippen LogP contribution is 2.41. The molecule has 0 radical (unpaired) electrons. The average molecular weight is 382 g/mol. The second kappa shape index (κ2) is 7.35. The third kappa shape index (κ3) is 4.16. The highest BCUT2D eigenvalue weighted by Gasteiger charge is 2.48. The van der Waals surface area contributed by atoms with E-state index in [9.17, 15) is 9.90 Å². The molecule has 3 unspecified atom stereocenters. The first-order valence-corrected chi connectivity index (χ1v) is 9.32. The Bertz CT molecular complexity index is 560. The highest BCUT2D eigenvalue weighted by molar-refractivity contribution is 9.10. The molecule has 1 aliphatic rings. The maximum absolute atomic E-state index is 12.9. The van der Waals surface area contributed by atoms with Gasteiger partial charge in [0.2, 0.25) is 0 Å². The number of hydrogen-bond donors (Lipinski definition) is 2. The van der Waals surface area contributed by atoms with Gasteiger partial charge in [0.15, 0.2) is 0 Å². The van der Waals surface area contributed by atoms with Crippen LogP contribution < -0.4 is 5.32 Å². The number of nitrogens with one attached hydrogen (secondary N) is 1. The minimum absolute atomic E-state index is 0.0217. The molecule has 0 spiro atoms. The van der Waals surface area contributed by atoms with E-state index < -0.39 is 5.60 Å². The molecule has 1 aliphatic carbocycles. The average Bonchev–Trinajstić information content (AvgIpc) is 2.46. The van der Waals surface area contributed by atoms with Gasteiger partial charge in [0.05, 0.1) is 6.04 Å².